The molecule has 0 saturated heterocycles. The number of fused-ring (bicyclic) bond motifs is 1. The van der Waals surface area contributed by atoms with Gasteiger partial charge in [-0.3, -0.25) is 4.98 Å². The maximum atomic E-state index is 5.36. The minimum absolute atomic E-state index is 0.628. The van der Waals surface area contributed by atoms with Crippen molar-refractivity contribution in [3.8, 4) is 11.1 Å². The van der Waals surface area contributed by atoms with Crippen LogP contribution in [-0.2, 0) is 13.1 Å². The summed E-state index contributed by atoms with van der Waals surface area (Å²) in [6, 6.07) is 16.4. The zero-order chi connectivity index (χ0) is 21.2. The first-order chi connectivity index (χ1) is 15.2. The van der Waals surface area contributed by atoms with Crippen LogP contribution in [-0.4, -0.2) is 24.7 Å². The van der Waals surface area contributed by atoms with E-state index in [1.165, 1.54) is 5.56 Å². The van der Waals surface area contributed by atoms with Crippen molar-refractivity contribution in [3.05, 3.63) is 89.7 Å². The van der Waals surface area contributed by atoms with E-state index in [0.29, 0.717) is 18.7 Å². The second kappa shape index (κ2) is 8.02. The molecular weight excluding hydrogens is 388 g/mol. The molecule has 0 aliphatic carbocycles. The Labute approximate surface area is 179 Å². The maximum absolute atomic E-state index is 5.36. The van der Waals surface area contributed by atoms with Crippen LogP contribution in [0.3, 0.4) is 0 Å². The molecule has 0 unspecified atom stereocenters. The van der Waals surface area contributed by atoms with Crippen molar-refractivity contribution < 1.29 is 4.52 Å². The minimum Gasteiger partial charge on any atom is -0.361 e. The molecule has 4 aromatic heterocycles. The van der Waals surface area contributed by atoms with Gasteiger partial charge in [0.1, 0.15) is 5.76 Å². The molecule has 4 heterocycles. The molecule has 7 nitrogen and oxygen atoms in total. The van der Waals surface area contributed by atoms with E-state index in [0.717, 1.165) is 39.6 Å². The van der Waals surface area contributed by atoms with Crippen LogP contribution in [0.4, 0.5) is 5.95 Å². The topological polar surface area (TPSA) is 81.7 Å². The summed E-state index contributed by atoms with van der Waals surface area (Å²) in [6.07, 6.45) is 5.46. The SMILES string of the molecule is Cc1noc(C)c1-c1cnc2nc(NCc3cccnc3)n(Cc3ccccc3)c2c1. The van der Waals surface area contributed by atoms with E-state index in [2.05, 4.69) is 43.2 Å². The molecular formula is C24H22N6O. The second-order valence-electron chi connectivity index (χ2n) is 7.49. The monoisotopic (exact) mass is 410 g/mol. The van der Waals surface area contributed by atoms with E-state index >= 15 is 0 Å². The van der Waals surface area contributed by atoms with Gasteiger partial charge in [-0.15, -0.1) is 0 Å². The quantitative estimate of drug-likeness (QED) is 0.435. The molecule has 0 radical (unpaired) electrons. The molecule has 0 aliphatic heterocycles. The van der Waals surface area contributed by atoms with Gasteiger partial charge in [0.25, 0.3) is 0 Å². The van der Waals surface area contributed by atoms with Gasteiger partial charge in [-0.05, 0) is 37.1 Å². The van der Waals surface area contributed by atoms with Crippen LogP contribution < -0.4 is 5.32 Å². The van der Waals surface area contributed by atoms with Gasteiger partial charge in [-0.2, -0.15) is 4.98 Å². The Morgan fingerprint density at radius 2 is 1.84 bits per heavy atom. The number of hydrogen-bond donors (Lipinski definition) is 1. The van der Waals surface area contributed by atoms with E-state index in [1.54, 1.807) is 6.20 Å². The average molecular weight is 410 g/mol. The minimum atomic E-state index is 0.628. The molecule has 0 aliphatic rings. The number of aromatic nitrogens is 5. The third-order valence-corrected chi connectivity index (χ3v) is 5.28. The number of rotatable bonds is 6. The Morgan fingerprint density at radius 1 is 1.00 bits per heavy atom. The van der Waals surface area contributed by atoms with Gasteiger partial charge in [0.15, 0.2) is 5.65 Å². The van der Waals surface area contributed by atoms with E-state index in [-0.39, 0.29) is 0 Å². The molecule has 5 rings (SSSR count). The van der Waals surface area contributed by atoms with Crippen molar-refractivity contribution >= 4 is 17.1 Å². The summed E-state index contributed by atoms with van der Waals surface area (Å²) in [5, 5.41) is 7.54. The van der Waals surface area contributed by atoms with Gasteiger partial charge < -0.3 is 14.4 Å². The lowest BCUT2D eigenvalue weighted by atomic mass is 10.1. The Morgan fingerprint density at radius 3 is 2.58 bits per heavy atom. The summed E-state index contributed by atoms with van der Waals surface area (Å²) < 4.78 is 7.52. The van der Waals surface area contributed by atoms with Gasteiger partial charge in [-0.1, -0.05) is 41.6 Å². The Hall–Kier alpha value is -4.00. The van der Waals surface area contributed by atoms with Crippen molar-refractivity contribution in [1.82, 2.24) is 24.7 Å². The summed E-state index contributed by atoms with van der Waals surface area (Å²) in [7, 11) is 0. The average Bonchev–Trinajstić information content (AvgIpc) is 3.32. The Bertz CT molecular complexity index is 1310. The van der Waals surface area contributed by atoms with Gasteiger partial charge in [0, 0.05) is 36.3 Å². The Kier molecular flexibility index (Phi) is 4.92. The van der Waals surface area contributed by atoms with Crippen molar-refractivity contribution in [3.63, 3.8) is 0 Å². The van der Waals surface area contributed by atoms with Crippen LogP contribution >= 0.6 is 0 Å². The standard InChI is InChI=1S/C24H22N6O/c1-16-22(17(2)31-29-16)20-11-21-23(26-14-20)28-24(27-13-19-9-6-10-25-12-19)30(21)15-18-7-4-3-5-8-18/h3-12,14H,13,15H2,1-2H3,(H,26,27,28). The summed E-state index contributed by atoms with van der Waals surface area (Å²) >= 11 is 0. The molecule has 154 valence electrons. The van der Waals surface area contributed by atoms with Crippen LogP contribution in [0.1, 0.15) is 22.6 Å². The van der Waals surface area contributed by atoms with Crippen molar-refractivity contribution in [2.75, 3.05) is 5.32 Å². The largest absolute Gasteiger partial charge is 0.361 e. The second-order valence-corrected chi connectivity index (χ2v) is 7.49. The fourth-order valence-electron chi connectivity index (χ4n) is 3.78. The van der Waals surface area contributed by atoms with Crippen LogP contribution in [0, 0.1) is 13.8 Å². The molecule has 0 amide bonds. The van der Waals surface area contributed by atoms with E-state index in [1.807, 2.05) is 56.6 Å². The molecule has 5 aromatic rings. The van der Waals surface area contributed by atoms with Crippen molar-refractivity contribution in [2.24, 2.45) is 0 Å². The first-order valence-corrected chi connectivity index (χ1v) is 10.2. The summed E-state index contributed by atoms with van der Waals surface area (Å²) in [5.41, 5.74) is 6.72. The van der Waals surface area contributed by atoms with E-state index < -0.39 is 0 Å². The molecule has 0 bridgehead atoms. The van der Waals surface area contributed by atoms with Gasteiger partial charge in [-0.25, -0.2) is 4.98 Å². The molecule has 1 N–H and O–H groups in total. The highest BCUT2D eigenvalue weighted by atomic mass is 16.5. The number of pyridine rings is 2. The summed E-state index contributed by atoms with van der Waals surface area (Å²) in [4.78, 5) is 13.6. The van der Waals surface area contributed by atoms with E-state index in [9.17, 15) is 0 Å². The summed E-state index contributed by atoms with van der Waals surface area (Å²) in [5.74, 6) is 1.55. The lowest BCUT2D eigenvalue weighted by molar-refractivity contribution is 0.393. The third kappa shape index (κ3) is 3.77. The normalized spacial score (nSPS) is 11.2. The number of anilines is 1. The maximum Gasteiger partial charge on any atom is 0.206 e. The smallest absolute Gasteiger partial charge is 0.206 e. The van der Waals surface area contributed by atoms with Gasteiger partial charge >= 0.3 is 0 Å². The number of nitrogens with one attached hydrogen (secondary N) is 1. The zero-order valence-corrected chi connectivity index (χ0v) is 17.4. The molecule has 7 heteroatoms. The van der Waals surface area contributed by atoms with E-state index in [4.69, 9.17) is 9.51 Å². The van der Waals surface area contributed by atoms with Crippen LogP contribution in [0.2, 0.25) is 0 Å². The number of hydrogen-bond acceptors (Lipinski definition) is 6. The van der Waals surface area contributed by atoms with Crippen LogP contribution in [0.25, 0.3) is 22.3 Å². The third-order valence-electron chi connectivity index (χ3n) is 5.28. The number of nitrogens with zero attached hydrogens (tertiary/aromatic N) is 5. The first kappa shape index (κ1) is 19.0. The highest BCUT2D eigenvalue weighted by Crippen LogP contribution is 2.30. The number of benzene rings is 1. The van der Waals surface area contributed by atoms with Gasteiger partial charge in [0.2, 0.25) is 5.95 Å². The number of aryl methyl sites for hydroxylation is 2. The van der Waals surface area contributed by atoms with Crippen molar-refractivity contribution in [1.29, 1.82) is 0 Å². The molecule has 0 fully saturated rings. The zero-order valence-electron chi connectivity index (χ0n) is 17.4. The highest BCUT2D eigenvalue weighted by molar-refractivity contribution is 5.81. The molecule has 0 spiro atoms. The molecule has 0 saturated carbocycles. The Balaban J connectivity index is 1.58. The predicted octanol–water partition coefficient (Wildman–Crippen LogP) is 4.76. The summed E-state index contributed by atoms with van der Waals surface area (Å²) in [6.45, 7) is 5.17. The fourth-order valence-corrected chi connectivity index (χ4v) is 3.78. The molecule has 0 atom stereocenters. The van der Waals surface area contributed by atoms with Crippen LogP contribution in [0.5, 0.6) is 0 Å². The number of imidazole rings is 1. The lowest BCUT2D eigenvalue weighted by Gasteiger charge is -2.11. The van der Waals surface area contributed by atoms with Crippen molar-refractivity contribution in [2.45, 2.75) is 26.9 Å². The fraction of sp³-hybridized carbons (Fsp3) is 0.167. The predicted molar refractivity (Wildman–Crippen MR) is 120 cm³/mol. The highest BCUT2D eigenvalue weighted by Gasteiger charge is 2.17. The molecule has 1 aromatic carbocycles. The van der Waals surface area contributed by atoms with Gasteiger partial charge in [0.05, 0.1) is 17.8 Å². The first-order valence-electron chi connectivity index (χ1n) is 10.2. The molecule has 31 heavy (non-hydrogen) atoms. The lowest BCUT2D eigenvalue weighted by Crippen LogP contribution is -2.08. The van der Waals surface area contributed by atoms with Crippen LogP contribution in [0.15, 0.2) is 71.6 Å².